The van der Waals surface area contributed by atoms with Gasteiger partial charge in [-0.05, 0) is 11.1 Å². The van der Waals surface area contributed by atoms with Crippen molar-refractivity contribution in [2.24, 2.45) is 0 Å². The first-order valence-corrected chi connectivity index (χ1v) is 4.63. The third-order valence-electron chi connectivity index (χ3n) is 2.48. The van der Waals surface area contributed by atoms with Gasteiger partial charge in [-0.2, -0.15) is 0 Å². The van der Waals surface area contributed by atoms with Crippen molar-refractivity contribution in [3.05, 3.63) is 35.4 Å². The van der Waals surface area contributed by atoms with Crippen molar-refractivity contribution in [3.8, 4) is 0 Å². The van der Waals surface area contributed by atoms with Crippen LogP contribution in [0.4, 0.5) is 0 Å². The molecule has 76 valence electrons. The third-order valence-corrected chi connectivity index (χ3v) is 2.48. The fourth-order valence-corrected chi connectivity index (χ4v) is 1.54. The number of aliphatic hydroxyl groups is 1. The van der Waals surface area contributed by atoms with Crippen molar-refractivity contribution in [2.75, 3.05) is 20.3 Å². The molecule has 1 aromatic carbocycles. The Hall–Kier alpha value is -0.900. The van der Waals surface area contributed by atoms with Gasteiger partial charge in [-0.15, -0.1) is 0 Å². The molecule has 1 aliphatic heterocycles. The van der Waals surface area contributed by atoms with Crippen LogP contribution in [0.2, 0.25) is 0 Å². The monoisotopic (exact) mass is 194 g/mol. The number of rotatable bonds is 3. The molecule has 1 aromatic rings. The largest absolute Gasteiger partial charge is 0.380 e. The maximum atomic E-state index is 9.95. The van der Waals surface area contributed by atoms with E-state index in [1.165, 1.54) is 0 Å². The van der Waals surface area contributed by atoms with Crippen molar-refractivity contribution in [1.82, 2.24) is 0 Å². The minimum absolute atomic E-state index is 0.399. The molecule has 0 unspecified atom stereocenters. The van der Waals surface area contributed by atoms with E-state index in [0.29, 0.717) is 19.8 Å². The molecule has 1 saturated heterocycles. The maximum absolute atomic E-state index is 9.95. The summed E-state index contributed by atoms with van der Waals surface area (Å²) in [7, 11) is 1.67. The second kappa shape index (κ2) is 3.69. The lowest BCUT2D eigenvalue weighted by molar-refractivity contribution is -0.184. The van der Waals surface area contributed by atoms with Gasteiger partial charge in [-0.3, -0.25) is 0 Å². The van der Waals surface area contributed by atoms with Gasteiger partial charge in [0.1, 0.15) is 5.60 Å². The maximum Gasteiger partial charge on any atom is 0.136 e. The minimum Gasteiger partial charge on any atom is -0.380 e. The van der Waals surface area contributed by atoms with Gasteiger partial charge in [-0.25, -0.2) is 0 Å². The van der Waals surface area contributed by atoms with Crippen LogP contribution in [0.5, 0.6) is 0 Å². The molecule has 2 rings (SSSR count). The summed E-state index contributed by atoms with van der Waals surface area (Å²) >= 11 is 0. The molecule has 0 saturated carbocycles. The Bertz CT molecular complexity index is 301. The zero-order valence-electron chi connectivity index (χ0n) is 8.19. The zero-order valence-corrected chi connectivity index (χ0v) is 8.19. The van der Waals surface area contributed by atoms with Crippen LogP contribution in [-0.2, 0) is 21.7 Å². The molecule has 1 aliphatic rings. The van der Waals surface area contributed by atoms with Crippen LogP contribution in [0, 0.1) is 0 Å². The van der Waals surface area contributed by atoms with E-state index in [2.05, 4.69) is 0 Å². The fourth-order valence-electron chi connectivity index (χ4n) is 1.54. The van der Waals surface area contributed by atoms with Gasteiger partial charge in [0.25, 0.3) is 0 Å². The molecule has 0 amide bonds. The second-order valence-electron chi connectivity index (χ2n) is 3.65. The molecule has 3 heteroatoms. The number of hydrogen-bond donors (Lipinski definition) is 1. The van der Waals surface area contributed by atoms with Crippen molar-refractivity contribution in [1.29, 1.82) is 0 Å². The first-order chi connectivity index (χ1) is 6.74. The normalized spacial score (nSPS) is 19.0. The molecule has 0 atom stereocenters. The van der Waals surface area contributed by atoms with Crippen molar-refractivity contribution in [3.63, 3.8) is 0 Å². The van der Waals surface area contributed by atoms with Gasteiger partial charge in [0.2, 0.25) is 0 Å². The number of benzene rings is 1. The number of methoxy groups -OCH3 is 1. The molecule has 0 radical (unpaired) electrons. The Morgan fingerprint density at radius 3 is 2.43 bits per heavy atom. The molecule has 0 aromatic heterocycles. The predicted molar refractivity (Wildman–Crippen MR) is 51.9 cm³/mol. The van der Waals surface area contributed by atoms with Gasteiger partial charge in [0.05, 0.1) is 19.8 Å². The quantitative estimate of drug-likeness (QED) is 0.781. The topological polar surface area (TPSA) is 38.7 Å². The van der Waals surface area contributed by atoms with Crippen LogP contribution < -0.4 is 0 Å². The minimum atomic E-state index is -0.758. The van der Waals surface area contributed by atoms with E-state index in [0.717, 1.165) is 11.1 Å². The highest BCUT2D eigenvalue weighted by Gasteiger charge is 2.37. The molecule has 0 aliphatic carbocycles. The molecule has 14 heavy (non-hydrogen) atoms. The van der Waals surface area contributed by atoms with E-state index in [-0.39, 0.29) is 0 Å². The summed E-state index contributed by atoms with van der Waals surface area (Å²) < 4.78 is 10.0. The average molecular weight is 194 g/mol. The summed E-state index contributed by atoms with van der Waals surface area (Å²) in [4.78, 5) is 0. The van der Waals surface area contributed by atoms with Crippen molar-refractivity contribution in [2.45, 2.75) is 12.2 Å². The first kappa shape index (κ1) is 9.65. The fraction of sp³-hybridized carbons (Fsp3) is 0.455. The summed E-state index contributed by atoms with van der Waals surface area (Å²) in [5.74, 6) is 0. The highest BCUT2D eigenvalue weighted by molar-refractivity contribution is 5.28. The van der Waals surface area contributed by atoms with Gasteiger partial charge in [0.15, 0.2) is 0 Å². The lowest BCUT2D eigenvalue weighted by atomic mass is 9.91. The highest BCUT2D eigenvalue weighted by Crippen LogP contribution is 2.29. The highest BCUT2D eigenvalue weighted by atomic mass is 16.5. The van der Waals surface area contributed by atoms with Crippen LogP contribution in [0.15, 0.2) is 24.3 Å². The van der Waals surface area contributed by atoms with Crippen LogP contribution in [0.1, 0.15) is 11.1 Å². The molecular weight excluding hydrogens is 180 g/mol. The van der Waals surface area contributed by atoms with Gasteiger partial charge >= 0.3 is 0 Å². The summed E-state index contributed by atoms with van der Waals surface area (Å²) in [5.41, 5.74) is 1.27. The van der Waals surface area contributed by atoms with Crippen LogP contribution in [0.25, 0.3) is 0 Å². The SMILES string of the molecule is COCc1ccc(C2(O)COC2)cc1. The smallest absolute Gasteiger partial charge is 0.136 e. The zero-order chi connectivity index (χ0) is 10.0. The van der Waals surface area contributed by atoms with Gasteiger partial charge in [0, 0.05) is 7.11 Å². The Kier molecular flexibility index (Phi) is 2.54. The lowest BCUT2D eigenvalue weighted by Crippen LogP contribution is -2.46. The Morgan fingerprint density at radius 2 is 2.00 bits per heavy atom. The van der Waals surface area contributed by atoms with E-state index in [4.69, 9.17) is 9.47 Å². The molecule has 0 spiro atoms. The standard InChI is InChI=1S/C11H14O3/c1-13-6-9-2-4-10(5-3-9)11(12)7-14-8-11/h2-5,12H,6-8H2,1H3. The number of hydrogen-bond acceptors (Lipinski definition) is 3. The summed E-state index contributed by atoms with van der Waals surface area (Å²) in [5, 5.41) is 9.95. The Morgan fingerprint density at radius 1 is 1.36 bits per heavy atom. The first-order valence-electron chi connectivity index (χ1n) is 4.63. The van der Waals surface area contributed by atoms with Crippen LogP contribution >= 0.6 is 0 Å². The second-order valence-corrected chi connectivity index (χ2v) is 3.65. The molecular formula is C11H14O3. The molecule has 3 nitrogen and oxygen atoms in total. The Balaban J connectivity index is 2.13. The summed E-state index contributed by atoms with van der Waals surface area (Å²) in [6, 6.07) is 7.79. The number of ether oxygens (including phenoxy) is 2. The van der Waals surface area contributed by atoms with Crippen LogP contribution in [0.3, 0.4) is 0 Å². The Labute approximate surface area is 83.3 Å². The van der Waals surface area contributed by atoms with Crippen molar-refractivity contribution >= 4 is 0 Å². The van der Waals surface area contributed by atoms with E-state index in [9.17, 15) is 5.11 Å². The third kappa shape index (κ3) is 1.66. The van der Waals surface area contributed by atoms with E-state index < -0.39 is 5.60 Å². The lowest BCUT2D eigenvalue weighted by Gasteiger charge is -2.36. The summed E-state index contributed by atoms with van der Waals surface area (Å²) in [6.45, 7) is 1.41. The predicted octanol–water partition coefficient (Wildman–Crippen LogP) is 1.05. The average Bonchev–Trinajstić information content (AvgIpc) is 2.16. The van der Waals surface area contributed by atoms with E-state index >= 15 is 0 Å². The van der Waals surface area contributed by atoms with Gasteiger partial charge in [-0.1, -0.05) is 24.3 Å². The van der Waals surface area contributed by atoms with E-state index in [1.807, 2.05) is 24.3 Å². The molecule has 1 heterocycles. The van der Waals surface area contributed by atoms with Crippen molar-refractivity contribution < 1.29 is 14.6 Å². The van der Waals surface area contributed by atoms with E-state index in [1.54, 1.807) is 7.11 Å². The van der Waals surface area contributed by atoms with Gasteiger partial charge < -0.3 is 14.6 Å². The molecule has 1 N–H and O–H groups in total. The molecule has 1 fully saturated rings. The summed E-state index contributed by atoms with van der Waals surface area (Å²) in [6.07, 6.45) is 0. The molecule has 0 bridgehead atoms. The van der Waals surface area contributed by atoms with Crippen LogP contribution in [-0.4, -0.2) is 25.4 Å².